The Balaban J connectivity index is 1.58. The second-order valence-electron chi connectivity index (χ2n) is 6.43. The Kier molecular flexibility index (Phi) is 6.06. The predicted molar refractivity (Wildman–Crippen MR) is 109 cm³/mol. The highest BCUT2D eigenvalue weighted by molar-refractivity contribution is 5.94. The van der Waals surface area contributed by atoms with Gasteiger partial charge in [0.25, 0.3) is 0 Å². The standard InChI is InChI=1S/C21H27N3O3/c1-4-24(5-2)17-7-8-18(15(3)12-17)23-21(25)14-22-16-6-9-19-20(13-16)27-11-10-26-19/h6-9,12-13,22H,4-5,10-11,14H2,1-3H3,(H,23,25). The van der Waals surface area contributed by atoms with Crippen molar-refractivity contribution in [1.82, 2.24) is 0 Å². The van der Waals surface area contributed by atoms with Gasteiger partial charge in [-0.1, -0.05) is 0 Å². The van der Waals surface area contributed by atoms with E-state index in [-0.39, 0.29) is 12.5 Å². The van der Waals surface area contributed by atoms with Gasteiger partial charge in [-0.05, 0) is 56.7 Å². The third kappa shape index (κ3) is 4.64. The summed E-state index contributed by atoms with van der Waals surface area (Å²) in [6, 6.07) is 11.7. The van der Waals surface area contributed by atoms with Crippen LogP contribution in [0, 0.1) is 6.92 Å². The van der Waals surface area contributed by atoms with Gasteiger partial charge in [0, 0.05) is 36.2 Å². The fourth-order valence-electron chi connectivity index (χ4n) is 3.10. The molecule has 0 bridgehead atoms. The van der Waals surface area contributed by atoms with E-state index in [0.717, 1.165) is 35.8 Å². The van der Waals surface area contributed by atoms with Crippen LogP contribution >= 0.6 is 0 Å². The van der Waals surface area contributed by atoms with Crippen LogP contribution in [0.5, 0.6) is 11.5 Å². The summed E-state index contributed by atoms with van der Waals surface area (Å²) in [5, 5.41) is 6.10. The number of fused-ring (bicyclic) bond motifs is 1. The van der Waals surface area contributed by atoms with Crippen LogP contribution in [-0.4, -0.2) is 38.8 Å². The van der Waals surface area contributed by atoms with E-state index < -0.39 is 0 Å². The van der Waals surface area contributed by atoms with E-state index in [0.29, 0.717) is 19.0 Å². The zero-order valence-electron chi connectivity index (χ0n) is 16.2. The number of amides is 1. The molecule has 0 saturated carbocycles. The molecule has 0 fully saturated rings. The van der Waals surface area contributed by atoms with Gasteiger partial charge in [0.15, 0.2) is 11.5 Å². The SMILES string of the molecule is CCN(CC)c1ccc(NC(=O)CNc2ccc3c(c2)OCCO3)c(C)c1. The molecule has 2 aromatic rings. The van der Waals surface area contributed by atoms with Crippen LogP contribution in [0.15, 0.2) is 36.4 Å². The molecule has 6 nitrogen and oxygen atoms in total. The monoisotopic (exact) mass is 369 g/mol. The van der Waals surface area contributed by atoms with Gasteiger partial charge in [-0.2, -0.15) is 0 Å². The summed E-state index contributed by atoms with van der Waals surface area (Å²) in [6.07, 6.45) is 0. The normalized spacial score (nSPS) is 12.4. The van der Waals surface area contributed by atoms with Gasteiger partial charge in [0.05, 0.1) is 6.54 Å². The van der Waals surface area contributed by atoms with Gasteiger partial charge in [0.2, 0.25) is 5.91 Å². The van der Waals surface area contributed by atoms with Crippen molar-refractivity contribution in [3.05, 3.63) is 42.0 Å². The lowest BCUT2D eigenvalue weighted by atomic mass is 10.1. The molecule has 1 aliphatic heterocycles. The first-order valence-corrected chi connectivity index (χ1v) is 9.39. The smallest absolute Gasteiger partial charge is 0.243 e. The zero-order valence-corrected chi connectivity index (χ0v) is 16.2. The van der Waals surface area contributed by atoms with Gasteiger partial charge >= 0.3 is 0 Å². The second-order valence-corrected chi connectivity index (χ2v) is 6.43. The summed E-state index contributed by atoms with van der Waals surface area (Å²) < 4.78 is 11.1. The second kappa shape index (κ2) is 8.66. The molecular weight excluding hydrogens is 342 g/mol. The first kappa shape index (κ1) is 18.9. The number of nitrogens with one attached hydrogen (secondary N) is 2. The Hall–Kier alpha value is -2.89. The summed E-state index contributed by atoms with van der Waals surface area (Å²) >= 11 is 0. The number of anilines is 3. The van der Waals surface area contributed by atoms with E-state index >= 15 is 0 Å². The third-order valence-corrected chi connectivity index (χ3v) is 4.61. The van der Waals surface area contributed by atoms with Gasteiger partial charge in [-0.3, -0.25) is 4.79 Å². The summed E-state index contributed by atoms with van der Waals surface area (Å²) in [5.41, 5.74) is 3.87. The molecule has 0 aromatic heterocycles. The number of hydrogen-bond donors (Lipinski definition) is 2. The van der Waals surface area contributed by atoms with Crippen molar-refractivity contribution in [1.29, 1.82) is 0 Å². The van der Waals surface area contributed by atoms with Crippen molar-refractivity contribution in [2.75, 3.05) is 48.4 Å². The highest BCUT2D eigenvalue weighted by Crippen LogP contribution is 2.32. The molecule has 0 spiro atoms. The molecule has 1 heterocycles. The molecule has 1 amide bonds. The fraction of sp³-hybridized carbons (Fsp3) is 0.381. The Bertz CT molecular complexity index is 803. The molecule has 0 saturated heterocycles. The molecule has 1 aliphatic rings. The van der Waals surface area contributed by atoms with E-state index in [1.165, 1.54) is 5.69 Å². The third-order valence-electron chi connectivity index (χ3n) is 4.61. The Morgan fingerprint density at radius 2 is 1.78 bits per heavy atom. The number of nitrogens with zero attached hydrogens (tertiary/aromatic N) is 1. The van der Waals surface area contributed by atoms with Gasteiger partial charge in [0.1, 0.15) is 13.2 Å². The lowest BCUT2D eigenvalue weighted by molar-refractivity contribution is -0.114. The minimum atomic E-state index is -0.0939. The molecule has 3 rings (SSSR count). The predicted octanol–water partition coefficient (Wildman–Crippen LogP) is 3.66. The van der Waals surface area contributed by atoms with Crippen LogP contribution in [0.4, 0.5) is 17.1 Å². The topological polar surface area (TPSA) is 62.8 Å². The van der Waals surface area contributed by atoms with E-state index in [1.54, 1.807) is 0 Å². The quantitative estimate of drug-likeness (QED) is 0.780. The lowest BCUT2D eigenvalue weighted by Crippen LogP contribution is -2.23. The van der Waals surface area contributed by atoms with E-state index in [1.807, 2.05) is 37.3 Å². The van der Waals surface area contributed by atoms with Gasteiger partial charge < -0.3 is 25.0 Å². The van der Waals surface area contributed by atoms with Crippen molar-refractivity contribution in [3.63, 3.8) is 0 Å². The van der Waals surface area contributed by atoms with Crippen molar-refractivity contribution in [2.24, 2.45) is 0 Å². The molecule has 6 heteroatoms. The summed E-state index contributed by atoms with van der Waals surface area (Å²) in [7, 11) is 0. The molecule has 0 aliphatic carbocycles. The maximum Gasteiger partial charge on any atom is 0.243 e. The Morgan fingerprint density at radius 1 is 1.04 bits per heavy atom. The first-order valence-electron chi connectivity index (χ1n) is 9.39. The molecule has 0 atom stereocenters. The van der Waals surface area contributed by atoms with Crippen molar-refractivity contribution in [3.8, 4) is 11.5 Å². The Morgan fingerprint density at radius 3 is 2.48 bits per heavy atom. The first-order chi connectivity index (χ1) is 13.1. The van der Waals surface area contributed by atoms with Crippen LogP contribution in [-0.2, 0) is 4.79 Å². The minimum absolute atomic E-state index is 0.0939. The van der Waals surface area contributed by atoms with Crippen LogP contribution in [0.25, 0.3) is 0 Å². The average molecular weight is 369 g/mol. The minimum Gasteiger partial charge on any atom is -0.486 e. The summed E-state index contributed by atoms with van der Waals surface area (Å²) in [5.74, 6) is 1.35. The molecule has 2 N–H and O–H groups in total. The molecular formula is C21H27N3O3. The Labute approximate surface area is 160 Å². The maximum atomic E-state index is 12.3. The largest absolute Gasteiger partial charge is 0.486 e. The number of aryl methyl sites for hydroxylation is 1. The highest BCUT2D eigenvalue weighted by Gasteiger charge is 2.12. The molecule has 0 radical (unpaired) electrons. The maximum absolute atomic E-state index is 12.3. The lowest BCUT2D eigenvalue weighted by Gasteiger charge is -2.22. The number of rotatable bonds is 7. The van der Waals surface area contributed by atoms with Crippen molar-refractivity contribution < 1.29 is 14.3 Å². The number of hydrogen-bond acceptors (Lipinski definition) is 5. The number of carbonyl (C=O) groups is 1. The van der Waals surface area contributed by atoms with Crippen LogP contribution < -0.4 is 25.0 Å². The van der Waals surface area contributed by atoms with Crippen LogP contribution in [0.2, 0.25) is 0 Å². The number of benzene rings is 2. The van der Waals surface area contributed by atoms with Crippen molar-refractivity contribution >= 4 is 23.0 Å². The average Bonchev–Trinajstić information content (AvgIpc) is 2.69. The van der Waals surface area contributed by atoms with E-state index in [9.17, 15) is 4.79 Å². The van der Waals surface area contributed by atoms with E-state index in [4.69, 9.17) is 9.47 Å². The van der Waals surface area contributed by atoms with E-state index in [2.05, 4.69) is 35.4 Å². The highest BCUT2D eigenvalue weighted by atomic mass is 16.6. The molecule has 0 unspecified atom stereocenters. The van der Waals surface area contributed by atoms with Gasteiger partial charge in [-0.25, -0.2) is 0 Å². The molecule has 27 heavy (non-hydrogen) atoms. The number of carbonyl (C=O) groups excluding carboxylic acids is 1. The zero-order chi connectivity index (χ0) is 19.2. The fourth-order valence-corrected chi connectivity index (χ4v) is 3.10. The number of ether oxygens (including phenoxy) is 2. The van der Waals surface area contributed by atoms with Crippen LogP contribution in [0.1, 0.15) is 19.4 Å². The van der Waals surface area contributed by atoms with Crippen LogP contribution in [0.3, 0.4) is 0 Å². The molecule has 2 aromatic carbocycles. The summed E-state index contributed by atoms with van der Waals surface area (Å²) in [4.78, 5) is 14.6. The molecule has 144 valence electrons. The summed E-state index contributed by atoms with van der Waals surface area (Å²) in [6.45, 7) is 9.49. The van der Waals surface area contributed by atoms with Gasteiger partial charge in [-0.15, -0.1) is 0 Å². The van der Waals surface area contributed by atoms with Crippen molar-refractivity contribution in [2.45, 2.75) is 20.8 Å².